The Morgan fingerprint density at radius 3 is 0.917 bits per heavy atom. The fraction of sp³-hybridized carbons (Fsp3) is 1.00. The van der Waals surface area contributed by atoms with Crippen LogP contribution in [0, 0.1) is 5.92 Å². The standard InChI is InChI=1S/C5H12.C4H10.C3H8/c1-4-5(2)3;1-3-4-2;1-3-2/h5H,4H2,1-3H3;3-4H2,1-2H3;3H2,1-2H3. The molecule has 0 aromatic carbocycles. The summed E-state index contributed by atoms with van der Waals surface area (Å²) in [5.41, 5.74) is 0. The SMILES string of the molecule is CCC.CCC(C)C.CCCC. The van der Waals surface area contributed by atoms with Gasteiger partial charge in [0, 0.05) is 0 Å². The van der Waals surface area contributed by atoms with E-state index in [-0.39, 0.29) is 0 Å². The predicted molar refractivity (Wildman–Crippen MR) is 61.7 cm³/mol. The van der Waals surface area contributed by atoms with E-state index in [1.165, 1.54) is 25.7 Å². The molecule has 0 bridgehead atoms. The Hall–Kier alpha value is 0. The summed E-state index contributed by atoms with van der Waals surface area (Å²) in [7, 11) is 0. The molecule has 0 N–H and O–H groups in total. The van der Waals surface area contributed by atoms with Crippen LogP contribution < -0.4 is 0 Å². The van der Waals surface area contributed by atoms with Crippen LogP contribution in [-0.4, -0.2) is 0 Å². The number of rotatable bonds is 2. The minimum absolute atomic E-state index is 0.884. The summed E-state index contributed by atoms with van der Waals surface area (Å²) in [4.78, 5) is 0. The third-order valence-electron chi connectivity index (χ3n) is 1.32. The van der Waals surface area contributed by atoms with E-state index < -0.39 is 0 Å². The lowest BCUT2D eigenvalue weighted by atomic mass is 10.2. The highest BCUT2D eigenvalue weighted by Crippen LogP contribution is 1.93. The molecule has 0 aliphatic carbocycles. The molecule has 0 heterocycles. The highest BCUT2D eigenvalue weighted by Gasteiger charge is 1.80. The first-order valence-electron chi connectivity index (χ1n) is 5.60. The lowest BCUT2D eigenvalue weighted by Crippen LogP contribution is -1.77. The highest BCUT2D eigenvalue weighted by atomic mass is 13.9. The van der Waals surface area contributed by atoms with Crippen molar-refractivity contribution >= 4 is 0 Å². The molecule has 0 radical (unpaired) electrons. The lowest BCUT2D eigenvalue weighted by molar-refractivity contribution is 0.626. The Labute approximate surface area is 80.8 Å². The van der Waals surface area contributed by atoms with Crippen LogP contribution in [0.4, 0.5) is 0 Å². The minimum Gasteiger partial charge on any atom is -0.0656 e. The maximum atomic E-state index is 2.22. The van der Waals surface area contributed by atoms with Gasteiger partial charge in [-0.2, -0.15) is 0 Å². The maximum absolute atomic E-state index is 2.22. The first-order chi connectivity index (χ1) is 5.60. The van der Waals surface area contributed by atoms with Gasteiger partial charge in [0.2, 0.25) is 0 Å². The van der Waals surface area contributed by atoms with Crippen molar-refractivity contribution in [2.75, 3.05) is 0 Å². The Balaban J connectivity index is -0.000000105. The largest absolute Gasteiger partial charge is 0.0656 e. The average Bonchev–Trinajstić information content (AvgIpc) is 2.06. The van der Waals surface area contributed by atoms with Crippen LogP contribution in [0.25, 0.3) is 0 Å². The minimum atomic E-state index is 0.884. The van der Waals surface area contributed by atoms with Crippen molar-refractivity contribution in [2.24, 2.45) is 5.92 Å². The van der Waals surface area contributed by atoms with Gasteiger partial charge in [-0.3, -0.25) is 0 Å². The molecule has 0 saturated heterocycles. The summed E-state index contributed by atoms with van der Waals surface area (Å²) in [6, 6.07) is 0. The Kier molecular flexibility index (Phi) is 33.5. The second kappa shape index (κ2) is 22.4. The molecule has 0 heteroatoms. The third-order valence-corrected chi connectivity index (χ3v) is 1.32. The van der Waals surface area contributed by atoms with Gasteiger partial charge in [-0.15, -0.1) is 0 Å². The van der Waals surface area contributed by atoms with Crippen molar-refractivity contribution in [3.8, 4) is 0 Å². The summed E-state index contributed by atoms with van der Waals surface area (Å²) in [5.74, 6) is 0.884. The summed E-state index contributed by atoms with van der Waals surface area (Å²) in [5, 5.41) is 0. The second-order valence-corrected chi connectivity index (χ2v) is 3.51. The molecule has 0 amide bonds. The lowest BCUT2D eigenvalue weighted by Gasteiger charge is -1.90. The zero-order valence-corrected chi connectivity index (χ0v) is 10.4. The van der Waals surface area contributed by atoms with Gasteiger partial charge in [0.05, 0.1) is 0 Å². The van der Waals surface area contributed by atoms with Crippen LogP contribution in [0.2, 0.25) is 0 Å². The van der Waals surface area contributed by atoms with E-state index in [9.17, 15) is 0 Å². The first kappa shape index (κ1) is 17.9. The molecule has 0 fully saturated rings. The van der Waals surface area contributed by atoms with Gasteiger partial charge in [0.25, 0.3) is 0 Å². The normalized spacial score (nSPS) is 8.00. The topological polar surface area (TPSA) is 0 Å². The third kappa shape index (κ3) is 90.0. The molecule has 0 saturated carbocycles. The summed E-state index contributed by atoms with van der Waals surface area (Å²) >= 11 is 0. The molecule has 0 rings (SSSR count). The van der Waals surface area contributed by atoms with Gasteiger partial charge >= 0.3 is 0 Å². The Morgan fingerprint density at radius 2 is 0.917 bits per heavy atom. The fourth-order valence-corrected chi connectivity index (χ4v) is 0. The van der Waals surface area contributed by atoms with E-state index in [2.05, 4.69) is 48.5 Å². The molecule has 0 unspecified atom stereocenters. The smallest absolute Gasteiger partial charge is 0.0474 e. The summed E-state index contributed by atoms with van der Waals surface area (Å²) in [6.07, 6.45) is 5.19. The molecule has 78 valence electrons. The van der Waals surface area contributed by atoms with Crippen LogP contribution in [0.1, 0.15) is 74.1 Å². The Bertz CT molecular complexity index is 35.3. The first-order valence-corrected chi connectivity index (χ1v) is 5.60. The zero-order chi connectivity index (χ0) is 10.4. The molecule has 0 spiro atoms. The van der Waals surface area contributed by atoms with E-state index in [0.29, 0.717) is 0 Å². The molecule has 0 aliphatic heterocycles. The fourth-order valence-electron chi connectivity index (χ4n) is 0. The van der Waals surface area contributed by atoms with Crippen LogP contribution in [-0.2, 0) is 0 Å². The quantitative estimate of drug-likeness (QED) is 0.534. The molecule has 0 nitrogen and oxygen atoms in total. The number of hydrogen-bond donors (Lipinski definition) is 0. The molecular weight excluding hydrogens is 144 g/mol. The van der Waals surface area contributed by atoms with Crippen LogP contribution in [0.3, 0.4) is 0 Å². The summed E-state index contributed by atoms with van der Waals surface area (Å²) < 4.78 is 0. The average molecular weight is 174 g/mol. The molecule has 0 aromatic rings. The van der Waals surface area contributed by atoms with Crippen molar-refractivity contribution in [3.63, 3.8) is 0 Å². The Morgan fingerprint density at radius 1 is 0.750 bits per heavy atom. The van der Waals surface area contributed by atoms with Crippen molar-refractivity contribution in [2.45, 2.75) is 74.1 Å². The van der Waals surface area contributed by atoms with Crippen molar-refractivity contribution in [1.29, 1.82) is 0 Å². The van der Waals surface area contributed by atoms with Crippen molar-refractivity contribution in [3.05, 3.63) is 0 Å². The van der Waals surface area contributed by atoms with Crippen LogP contribution in [0.5, 0.6) is 0 Å². The van der Waals surface area contributed by atoms with Crippen molar-refractivity contribution in [1.82, 2.24) is 0 Å². The van der Waals surface area contributed by atoms with Gasteiger partial charge in [-0.05, 0) is 5.92 Å². The molecule has 12 heavy (non-hydrogen) atoms. The summed E-state index contributed by atoms with van der Waals surface area (Å²) in [6.45, 7) is 15.3. The van der Waals surface area contributed by atoms with E-state index in [1.807, 2.05) is 0 Å². The zero-order valence-electron chi connectivity index (χ0n) is 10.4. The van der Waals surface area contributed by atoms with E-state index in [1.54, 1.807) is 0 Å². The van der Waals surface area contributed by atoms with E-state index >= 15 is 0 Å². The molecule has 0 aliphatic rings. The number of unbranched alkanes of at least 4 members (excludes halogenated alkanes) is 1. The van der Waals surface area contributed by atoms with Gasteiger partial charge < -0.3 is 0 Å². The van der Waals surface area contributed by atoms with Gasteiger partial charge in [-0.1, -0.05) is 74.1 Å². The predicted octanol–water partition coefficient (Wildman–Crippen LogP) is 5.28. The maximum Gasteiger partial charge on any atom is -0.0474 e. The molecular formula is C12H30. The van der Waals surface area contributed by atoms with Crippen LogP contribution in [0.15, 0.2) is 0 Å². The van der Waals surface area contributed by atoms with Gasteiger partial charge in [0.15, 0.2) is 0 Å². The second-order valence-electron chi connectivity index (χ2n) is 3.51. The van der Waals surface area contributed by atoms with E-state index in [0.717, 1.165) is 5.92 Å². The van der Waals surface area contributed by atoms with Gasteiger partial charge in [0.1, 0.15) is 0 Å². The molecule has 0 atom stereocenters. The molecule has 0 aromatic heterocycles. The highest BCUT2D eigenvalue weighted by molar-refractivity contribution is 4.32. The number of hydrogen-bond acceptors (Lipinski definition) is 0. The van der Waals surface area contributed by atoms with E-state index in [4.69, 9.17) is 0 Å². The van der Waals surface area contributed by atoms with Crippen molar-refractivity contribution < 1.29 is 0 Å². The van der Waals surface area contributed by atoms with Gasteiger partial charge in [-0.25, -0.2) is 0 Å². The monoisotopic (exact) mass is 174 g/mol. The van der Waals surface area contributed by atoms with Crippen LogP contribution >= 0.6 is 0 Å².